The highest BCUT2D eigenvalue weighted by atomic mass is 16.5. The summed E-state index contributed by atoms with van der Waals surface area (Å²) in [5.74, 6) is 2.61. The summed E-state index contributed by atoms with van der Waals surface area (Å²) in [6.45, 7) is 0. The first-order valence-corrected chi connectivity index (χ1v) is 19.0. The van der Waals surface area contributed by atoms with Crippen LogP contribution in [0.25, 0.3) is 111 Å². The molecule has 5 heteroatoms. The van der Waals surface area contributed by atoms with Gasteiger partial charge in [-0.2, -0.15) is 0 Å². The van der Waals surface area contributed by atoms with E-state index in [1.807, 2.05) is 48.5 Å². The van der Waals surface area contributed by atoms with E-state index in [2.05, 4.69) is 133 Å². The average molecular weight is 732 g/mol. The summed E-state index contributed by atoms with van der Waals surface area (Å²) in [5.41, 5.74) is 8.41. The van der Waals surface area contributed by atoms with Gasteiger partial charge in [-0.1, -0.05) is 152 Å². The van der Waals surface area contributed by atoms with Crippen molar-refractivity contribution in [3.8, 4) is 62.2 Å². The fourth-order valence-corrected chi connectivity index (χ4v) is 8.20. The summed E-state index contributed by atoms with van der Waals surface area (Å²) in [6.07, 6.45) is 0. The van der Waals surface area contributed by atoms with Crippen LogP contribution in [0.3, 0.4) is 0 Å². The highest BCUT2D eigenvalue weighted by Gasteiger charge is 2.20. The molecule has 268 valence electrons. The smallest absolute Gasteiger partial charge is 0.164 e. The molecule has 2 heterocycles. The van der Waals surface area contributed by atoms with Gasteiger partial charge in [0.1, 0.15) is 16.9 Å². The minimum absolute atomic E-state index is 0.582. The van der Waals surface area contributed by atoms with Crippen molar-refractivity contribution in [2.45, 2.75) is 0 Å². The van der Waals surface area contributed by atoms with Crippen molar-refractivity contribution in [2.24, 2.45) is 0 Å². The number of para-hydroxylation sites is 1. The Morgan fingerprint density at radius 1 is 0.386 bits per heavy atom. The average Bonchev–Trinajstić information content (AvgIpc) is 3.68. The van der Waals surface area contributed by atoms with Crippen molar-refractivity contribution in [1.29, 1.82) is 0 Å². The monoisotopic (exact) mass is 731 g/mol. The van der Waals surface area contributed by atoms with Gasteiger partial charge in [-0.3, -0.25) is 0 Å². The van der Waals surface area contributed by atoms with Crippen LogP contribution in [0.5, 0.6) is 5.75 Å². The number of aromatic nitrogens is 3. The molecule has 0 saturated carbocycles. The topological polar surface area (TPSA) is 61.0 Å². The number of methoxy groups -OCH3 is 1. The van der Waals surface area contributed by atoms with Gasteiger partial charge in [-0.05, 0) is 73.8 Å². The number of hydrogen-bond donors (Lipinski definition) is 0. The van der Waals surface area contributed by atoms with Gasteiger partial charge >= 0.3 is 0 Å². The van der Waals surface area contributed by atoms with Crippen LogP contribution in [-0.4, -0.2) is 22.1 Å². The van der Waals surface area contributed by atoms with Crippen LogP contribution in [0.4, 0.5) is 0 Å². The maximum Gasteiger partial charge on any atom is 0.164 e. The van der Waals surface area contributed by atoms with Crippen LogP contribution in [0.2, 0.25) is 0 Å². The van der Waals surface area contributed by atoms with Crippen molar-refractivity contribution in [3.63, 3.8) is 0 Å². The first-order chi connectivity index (χ1) is 28.2. The van der Waals surface area contributed by atoms with E-state index in [4.69, 9.17) is 24.1 Å². The molecule has 0 atom stereocenters. The van der Waals surface area contributed by atoms with Crippen LogP contribution in [0.15, 0.2) is 186 Å². The first-order valence-electron chi connectivity index (χ1n) is 19.0. The van der Waals surface area contributed by atoms with E-state index in [0.717, 1.165) is 72.0 Å². The molecule has 5 nitrogen and oxygen atoms in total. The molecule has 0 spiro atoms. The number of ether oxygens (including phenoxy) is 1. The fraction of sp³-hybridized carbons (Fsp3) is 0.0192. The Labute approximate surface area is 328 Å². The second-order valence-corrected chi connectivity index (χ2v) is 14.3. The molecule has 0 N–H and O–H groups in total. The molecule has 0 aliphatic rings. The lowest BCUT2D eigenvalue weighted by molar-refractivity contribution is 0.416. The van der Waals surface area contributed by atoms with Crippen molar-refractivity contribution in [2.75, 3.05) is 7.11 Å². The molecule has 0 saturated heterocycles. The quantitative estimate of drug-likeness (QED) is 0.159. The van der Waals surface area contributed by atoms with Gasteiger partial charge in [0.25, 0.3) is 0 Å². The molecule has 0 unspecified atom stereocenters. The molecular formula is C52H33N3O2. The molecule has 0 aliphatic carbocycles. The van der Waals surface area contributed by atoms with Crippen molar-refractivity contribution in [1.82, 2.24) is 15.0 Å². The fourth-order valence-electron chi connectivity index (χ4n) is 8.20. The molecule has 0 amide bonds. The van der Waals surface area contributed by atoms with Gasteiger partial charge in [-0.25, -0.2) is 15.0 Å². The molecule has 0 bridgehead atoms. The molecule has 2 aromatic heterocycles. The Morgan fingerprint density at radius 2 is 1.00 bits per heavy atom. The van der Waals surface area contributed by atoms with E-state index in [1.165, 1.54) is 26.9 Å². The van der Waals surface area contributed by atoms with Gasteiger partial charge < -0.3 is 9.15 Å². The maximum atomic E-state index is 6.78. The van der Waals surface area contributed by atoms with Crippen LogP contribution in [-0.2, 0) is 0 Å². The number of benzene rings is 9. The van der Waals surface area contributed by atoms with Gasteiger partial charge in [-0.15, -0.1) is 0 Å². The Hall–Kier alpha value is -7.63. The molecule has 57 heavy (non-hydrogen) atoms. The summed E-state index contributed by atoms with van der Waals surface area (Å²) in [4.78, 5) is 15.4. The van der Waals surface area contributed by atoms with Crippen LogP contribution in [0, 0.1) is 0 Å². The van der Waals surface area contributed by atoms with Crippen molar-refractivity contribution >= 4 is 54.3 Å². The molecule has 0 fully saturated rings. The number of nitrogens with zero attached hydrogens (tertiary/aromatic N) is 3. The zero-order valence-corrected chi connectivity index (χ0v) is 31.0. The van der Waals surface area contributed by atoms with Gasteiger partial charge in [0.2, 0.25) is 0 Å². The lowest BCUT2D eigenvalue weighted by Gasteiger charge is -2.12. The number of fused-ring (bicyclic) bond motifs is 7. The SMILES string of the molecule is COc1ccc(-c2cccc3c2oc2cccc(-c4nc(-c5ccccc5)nc(-c5ccc6ccc7ccccc7c6c5)n4)c23)cc1-c1ccc2ccccc2c1. The highest BCUT2D eigenvalue weighted by molar-refractivity contribution is 6.15. The number of rotatable bonds is 6. The zero-order chi connectivity index (χ0) is 37.9. The highest BCUT2D eigenvalue weighted by Crippen LogP contribution is 2.43. The Morgan fingerprint density at radius 3 is 1.86 bits per heavy atom. The van der Waals surface area contributed by atoms with E-state index >= 15 is 0 Å². The largest absolute Gasteiger partial charge is 0.496 e. The minimum atomic E-state index is 0.582. The van der Waals surface area contributed by atoms with Gasteiger partial charge in [0, 0.05) is 38.6 Å². The second kappa shape index (κ2) is 13.3. The Balaban J connectivity index is 1.09. The summed E-state index contributed by atoms with van der Waals surface area (Å²) in [5, 5.41) is 9.04. The van der Waals surface area contributed by atoms with Crippen molar-refractivity contribution in [3.05, 3.63) is 182 Å². The van der Waals surface area contributed by atoms with E-state index in [-0.39, 0.29) is 0 Å². The van der Waals surface area contributed by atoms with Crippen LogP contribution < -0.4 is 4.74 Å². The molecular weight excluding hydrogens is 699 g/mol. The summed E-state index contributed by atoms with van der Waals surface area (Å²) < 4.78 is 12.7. The van der Waals surface area contributed by atoms with E-state index in [9.17, 15) is 0 Å². The minimum Gasteiger partial charge on any atom is -0.496 e. The lowest BCUT2D eigenvalue weighted by Crippen LogP contribution is -2.00. The maximum absolute atomic E-state index is 6.78. The van der Waals surface area contributed by atoms with Crippen LogP contribution in [0.1, 0.15) is 0 Å². The predicted octanol–water partition coefficient (Wildman–Crippen LogP) is 13.6. The molecule has 11 rings (SSSR count). The standard InChI is InChI=1S/C52H33N3O2/c1-56-46-28-27-38(30-45(46)37-25-21-32-11-5-6-15-36(32)29-37)41-17-9-18-42-48-43(19-10-20-47(48)57-49(41)42)52-54-50(35-13-3-2-4-14-35)53-51(55-52)39-26-24-34-23-22-33-12-7-8-16-40(33)44(34)31-39/h2-31H,1H3. The molecule has 0 aliphatic heterocycles. The third-order valence-electron chi connectivity index (χ3n) is 11.0. The Kier molecular flexibility index (Phi) is 7.64. The second-order valence-electron chi connectivity index (χ2n) is 14.3. The Bertz CT molecular complexity index is 3350. The summed E-state index contributed by atoms with van der Waals surface area (Å²) in [7, 11) is 1.72. The van der Waals surface area contributed by atoms with E-state index in [0.29, 0.717) is 17.5 Å². The van der Waals surface area contributed by atoms with Gasteiger partial charge in [0.05, 0.1) is 7.11 Å². The van der Waals surface area contributed by atoms with Gasteiger partial charge in [0.15, 0.2) is 17.5 Å². The van der Waals surface area contributed by atoms with Crippen LogP contribution >= 0.6 is 0 Å². The number of hydrogen-bond acceptors (Lipinski definition) is 5. The van der Waals surface area contributed by atoms with E-state index in [1.54, 1.807) is 7.11 Å². The third-order valence-corrected chi connectivity index (χ3v) is 11.0. The summed E-state index contributed by atoms with van der Waals surface area (Å²) in [6, 6.07) is 63.1. The molecule has 11 aromatic rings. The predicted molar refractivity (Wildman–Crippen MR) is 233 cm³/mol. The van der Waals surface area contributed by atoms with Crippen molar-refractivity contribution < 1.29 is 9.15 Å². The zero-order valence-electron chi connectivity index (χ0n) is 31.0. The summed E-state index contributed by atoms with van der Waals surface area (Å²) >= 11 is 0. The normalized spacial score (nSPS) is 11.6. The van der Waals surface area contributed by atoms with E-state index < -0.39 is 0 Å². The first kappa shape index (κ1) is 32.8. The molecule has 0 radical (unpaired) electrons. The third kappa shape index (κ3) is 5.59. The lowest BCUT2D eigenvalue weighted by atomic mass is 9.95. The molecule has 9 aromatic carbocycles. The number of furan rings is 1.